The molecule has 0 aliphatic carbocycles. The van der Waals surface area contributed by atoms with Gasteiger partial charge in [0.25, 0.3) is 5.56 Å². The molecule has 1 heterocycles. The van der Waals surface area contributed by atoms with Crippen LogP contribution in [0, 0.1) is 0 Å². The molecule has 1 rings (SSSR count). The van der Waals surface area contributed by atoms with Gasteiger partial charge in [-0.2, -0.15) is 0 Å². The van der Waals surface area contributed by atoms with Gasteiger partial charge in [-0.15, -0.1) is 0 Å². The van der Waals surface area contributed by atoms with Crippen molar-refractivity contribution in [3.8, 4) is 0 Å². The van der Waals surface area contributed by atoms with Crippen molar-refractivity contribution in [1.29, 1.82) is 0 Å². The van der Waals surface area contributed by atoms with Crippen LogP contribution < -0.4 is 5.56 Å². The van der Waals surface area contributed by atoms with Crippen LogP contribution >= 0.6 is 0 Å². The van der Waals surface area contributed by atoms with E-state index in [9.17, 15) is 14.4 Å². The lowest BCUT2D eigenvalue weighted by molar-refractivity contribution is -0.137. The van der Waals surface area contributed by atoms with E-state index in [-0.39, 0.29) is 5.56 Å². The maximum absolute atomic E-state index is 11.0. The van der Waals surface area contributed by atoms with Crippen LogP contribution in [0.2, 0.25) is 0 Å². The molecule has 5 nitrogen and oxygen atoms in total. The third-order valence-corrected chi connectivity index (χ3v) is 1.45. The summed E-state index contributed by atoms with van der Waals surface area (Å²) in [6, 6.07) is 2.50. The van der Waals surface area contributed by atoms with Crippen LogP contribution in [0.1, 0.15) is 10.4 Å². The summed E-state index contributed by atoms with van der Waals surface area (Å²) in [5, 5.41) is 8.41. The summed E-state index contributed by atoms with van der Waals surface area (Å²) in [6.07, 6.45) is 1.77. The molecule has 0 unspecified atom stereocenters. The highest BCUT2D eigenvalue weighted by atomic mass is 16.4. The van der Waals surface area contributed by atoms with Gasteiger partial charge in [0.2, 0.25) is 0 Å². The fourth-order valence-electron chi connectivity index (χ4n) is 0.889. The lowest BCUT2D eigenvalue weighted by Crippen LogP contribution is -2.23. The fourth-order valence-corrected chi connectivity index (χ4v) is 0.889. The van der Waals surface area contributed by atoms with E-state index in [2.05, 4.69) is 0 Å². The number of carboxylic acid groups (broad SMARTS) is 1. The van der Waals surface area contributed by atoms with Gasteiger partial charge >= 0.3 is 5.97 Å². The fraction of sp³-hybridized carbons (Fsp3) is 0.125. The van der Waals surface area contributed by atoms with Gasteiger partial charge < -0.3 is 9.67 Å². The van der Waals surface area contributed by atoms with E-state index >= 15 is 0 Å². The first-order valence-electron chi connectivity index (χ1n) is 3.51. The Morgan fingerprint density at radius 3 is 2.77 bits per heavy atom. The first-order chi connectivity index (χ1) is 6.13. The largest absolute Gasteiger partial charge is 0.480 e. The van der Waals surface area contributed by atoms with Gasteiger partial charge in [-0.05, 0) is 6.07 Å². The van der Waals surface area contributed by atoms with Crippen LogP contribution in [0.5, 0.6) is 0 Å². The molecule has 5 heteroatoms. The number of carbonyl (C=O) groups excluding carboxylic acids is 1. The second-order valence-corrected chi connectivity index (χ2v) is 2.44. The molecule has 0 spiro atoms. The van der Waals surface area contributed by atoms with Crippen LogP contribution in [0.15, 0.2) is 23.1 Å². The maximum atomic E-state index is 11.0. The van der Waals surface area contributed by atoms with Gasteiger partial charge in [0, 0.05) is 17.8 Å². The summed E-state index contributed by atoms with van der Waals surface area (Å²) >= 11 is 0. The summed E-state index contributed by atoms with van der Waals surface area (Å²) < 4.78 is 0.964. The van der Waals surface area contributed by atoms with Gasteiger partial charge in [0.1, 0.15) is 6.54 Å². The van der Waals surface area contributed by atoms with Crippen LogP contribution in [-0.2, 0) is 11.3 Å². The molecule has 13 heavy (non-hydrogen) atoms. The lowest BCUT2D eigenvalue weighted by atomic mass is 10.3. The molecule has 1 aromatic rings. The summed E-state index contributed by atoms with van der Waals surface area (Å²) in [6.45, 7) is -0.430. The van der Waals surface area contributed by atoms with Crippen molar-refractivity contribution in [2.75, 3.05) is 0 Å². The highest BCUT2D eigenvalue weighted by Gasteiger charge is 2.01. The zero-order chi connectivity index (χ0) is 9.84. The Kier molecular flexibility index (Phi) is 2.59. The van der Waals surface area contributed by atoms with Crippen LogP contribution in [-0.4, -0.2) is 21.9 Å². The number of rotatable bonds is 3. The molecular weight excluding hydrogens is 174 g/mol. The summed E-state index contributed by atoms with van der Waals surface area (Å²) in [4.78, 5) is 31.6. The number of aliphatic carboxylic acids is 1. The van der Waals surface area contributed by atoms with Crippen LogP contribution in [0.4, 0.5) is 0 Å². The summed E-state index contributed by atoms with van der Waals surface area (Å²) in [5.74, 6) is -1.12. The molecular formula is C8H7NO4. The van der Waals surface area contributed by atoms with Crippen LogP contribution in [0.25, 0.3) is 0 Å². The number of hydrogen-bond acceptors (Lipinski definition) is 3. The quantitative estimate of drug-likeness (QED) is 0.652. The first kappa shape index (κ1) is 9.18. The topological polar surface area (TPSA) is 76.4 Å². The Labute approximate surface area is 73.2 Å². The summed E-state index contributed by atoms with van der Waals surface area (Å²) in [7, 11) is 0. The second kappa shape index (κ2) is 3.66. The molecule has 0 aromatic carbocycles. The minimum Gasteiger partial charge on any atom is -0.480 e. The second-order valence-electron chi connectivity index (χ2n) is 2.44. The van der Waals surface area contributed by atoms with Crippen molar-refractivity contribution in [2.45, 2.75) is 6.54 Å². The molecule has 0 atom stereocenters. The van der Waals surface area contributed by atoms with Crippen molar-refractivity contribution in [3.05, 3.63) is 34.2 Å². The monoisotopic (exact) mass is 181 g/mol. The molecule has 0 radical (unpaired) electrons. The minimum atomic E-state index is -1.12. The standard InChI is InChI=1S/C8H7NO4/c10-5-6-1-2-7(11)9(3-6)4-8(12)13/h1-3,5H,4H2,(H,12,13). The number of aromatic nitrogens is 1. The summed E-state index contributed by atoms with van der Waals surface area (Å²) in [5.41, 5.74) is -0.158. The minimum absolute atomic E-state index is 0.279. The number of nitrogens with zero attached hydrogens (tertiary/aromatic N) is 1. The zero-order valence-corrected chi connectivity index (χ0v) is 6.64. The Morgan fingerprint density at radius 1 is 1.54 bits per heavy atom. The van der Waals surface area contributed by atoms with E-state index in [1.165, 1.54) is 12.3 Å². The average Bonchev–Trinajstić information content (AvgIpc) is 2.08. The third-order valence-electron chi connectivity index (χ3n) is 1.45. The molecule has 0 aliphatic heterocycles. The molecule has 1 N–H and O–H groups in total. The molecule has 1 aromatic heterocycles. The Bertz CT molecular complexity index is 393. The first-order valence-corrected chi connectivity index (χ1v) is 3.51. The Balaban J connectivity index is 3.11. The molecule has 0 fully saturated rings. The molecule has 0 aliphatic rings. The van der Waals surface area contributed by atoms with E-state index in [0.717, 1.165) is 10.6 Å². The predicted molar refractivity (Wildman–Crippen MR) is 43.7 cm³/mol. The highest BCUT2D eigenvalue weighted by molar-refractivity contribution is 5.74. The van der Waals surface area contributed by atoms with Crippen LogP contribution in [0.3, 0.4) is 0 Å². The van der Waals surface area contributed by atoms with Gasteiger partial charge in [-0.3, -0.25) is 14.4 Å². The van der Waals surface area contributed by atoms with Gasteiger partial charge in [-0.1, -0.05) is 0 Å². The highest BCUT2D eigenvalue weighted by Crippen LogP contribution is 1.90. The number of pyridine rings is 1. The van der Waals surface area contributed by atoms with E-state index in [4.69, 9.17) is 5.11 Å². The maximum Gasteiger partial charge on any atom is 0.323 e. The Hall–Kier alpha value is -1.91. The number of hydrogen-bond donors (Lipinski definition) is 1. The molecule has 68 valence electrons. The van der Waals surface area contributed by atoms with Crippen molar-refractivity contribution in [3.63, 3.8) is 0 Å². The SMILES string of the molecule is O=Cc1ccc(=O)n(CC(=O)O)c1. The molecule has 0 saturated carbocycles. The number of aldehydes is 1. The van der Waals surface area contributed by atoms with E-state index < -0.39 is 18.1 Å². The van der Waals surface area contributed by atoms with Crippen molar-refractivity contribution >= 4 is 12.3 Å². The van der Waals surface area contributed by atoms with Gasteiger partial charge in [0.15, 0.2) is 6.29 Å². The molecule has 0 amide bonds. The lowest BCUT2D eigenvalue weighted by Gasteiger charge is -2.00. The third kappa shape index (κ3) is 2.26. The van der Waals surface area contributed by atoms with Gasteiger partial charge in [-0.25, -0.2) is 0 Å². The van der Waals surface area contributed by atoms with E-state index in [1.54, 1.807) is 0 Å². The van der Waals surface area contributed by atoms with Crippen molar-refractivity contribution in [1.82, 2.24) is 4.57 Å². The van der Waals surface area contributed by atoms with Crippen molar-refractivity contribution < 1.29 is 14.7 Å². The van der Waals surface area contributed by atoms with Crippen molar-refractivity contribution in [2.24, 2.45) is 0 Å². The zero-order valence-electron chi connectivity index (χ0n) is 6.64. The smallest absolute Gasteiger partial charge is 0.323 e. The average molecular weight is 181 g/mol. The molecule has 0 bridgehead atoms. The van der Waals surface area contributed by atoms with E-state index in [0.29, 0.717) is 6.29 Å². The Morgan fingerprint density at radius 2 is 2.23 bits per heavy atom. The number of carboxylic acids is 1. The van der Waals surface area contributed by atoms with Gasteiger partial charge in [0.05, 0.1) is 0 Å². The molecule has 0 saturated heterocycles. The van der Waals surface area contributed by atoms with E-state index in [1.807, 2.05) is 0 Å². The predicted octanol–water partition coefficient (Wildman–Crippen LogP) is -0.255. The normalized spacial score (nSPS) is 9.54. The number of carbonyl (C=O) groups is 2.